The second-order valence-corrected chi connectivity index (χ2v) is 6.33. The molecule has 2 aromatic heterocycles. The number of rotatable bonds is 2. The Kier molecular flexibility index (Phi) is 3.41. The van der Waals surface area contributed by atoms with Gasteiger partial charge in [0.1, 0.15) is 5.69 Å². The first-order chi connectivity index (χ1) is 11.2. The highest BCUT2D eigenvalue weighted by molar-refractivity contribution is 5.98. The van der Waals surface area contributed by atoms with Crippen molar-refractivity contribution in [1.29, 1.82) is 0 Å². The van der Waals surface area contributed by atoms with Gasteiger partial charge in [0.05, 0.1) is 6.20 Å². The average Bonchev–Trinajstić information content (AvgIpc) is 3.20. The van der Waals surface area contributed by atoms with Crippen LogP contribution in [0.5, 0.6) is 0 Å². The third-order valence-corrected chi connectivity index (χ3v) is 4.75. The fraction of sp³-hybridized carbons (Fsp3) is 0.333. The summed E-state index contributed by atoms with van der Waals surface area (Å²) in [4.78, 5) is 18.0. The van der Waals surface area contributed by atoms with Crippen LogP contribution in [-0.2, 0) is 0 Å². The number of H-pyrrole nitrogens is 2. The lowest BCUT2D eigenvalue weighted by atomic mass is 9.93. The van der Waals surface area contributed by atoms with Crippen molar-refractivity contribution >= 4 is 16.8 Å². The van der Waals surface area contributed by atoms with Gasteiger partial charge < -0.3 is 9.88 Å². The fourth-order valence-corrected chi connectivity index (χ4v) is 3.53. The highest BCUT2D eigenvalue weighted by Gasteiger charge is 2.27. The Morgan fingerprint density at radius 2 is 2.22 bits per heavy atom. The maximum atomic E-state index is 12.8. The van der Waals surface area contributed by atoms with Crippen LogP contribution in [0, 0.1) is 6.92 Å². The van der Waals surface area contributed by atoms with E-state index in [-0.39, 0.29) is 5.91 Å². The van der Waals surface area contributed by atoms with Gasteiger partial charge in [-0.05, 0) is 37.5 Å². The number of nitrogens with zero attached hydrogens (tertiary/aromatic N) is 2. The number of aryl methyl sites for hydroxylation is 1. The van der Waals surface area contributed by atoms with Gasteiger partial charge >= 0.3 is 0 Å². The molecule has 5 heteroatoms. The maximum Gasteiger partial charge on any atom is 0.270 e. The van der Waals surface area contributed by atoms with E-state index in [0.717, 1.165) is 36.8 Å². The Labute approximate surface area is 134 Å². The number of piperidine rings is 1. The predicted octanol–water partition coefficient (Wildman–Crippen LogP) is 3.22. The van der Waals surface area contributed by atoms with Gasteiger partial charge in [-0.1, -0.05) is 18.2 Å². The summed E-state index contributed by atoms with van der Waals surface area (Å²) in [5, 5.41) is 8.30. The molecule has 2 N–H and O–H groups in total. The van der Waals surface area contributed by atoms with Gasteiger partial charge in [-0.25, -0.2) is 0 Å². The number of amides is 1. The van der Waals surface area contributed by atoms with Crippen molar-refractivity contribution < 1.29 is 4.79 Å². The van der Waals surface area contributed by atoms with Crippen LogP contribution in [-0.4, -0.2) is 39.1 Å². The Bertz CT molecular complexity index is 814. The van der Waals surface area contributed by atoms with Crippen molar-refractivity contribution in [1.82, 2.24) is 20.1 Å². The Balaban J connectivity index is 1.57. The van der Waals surface area contributed by atoms with Gasteiger partial charge in [0, 0.05) is 35.6 Å². The largest absolute Gasteiger partial charge is 0.351 e. The zero-order valence-corrected chi connectivity index (χ0v) is 13.2. The van der Waals surface area contributed by atoms with Gasteiger partial charge in [-0.3, -0.25) is 9.89 Å². The van der Waals surface area contributed by atoms with E-state index < -0.39 is 0 Å². The van der Waals surface area contributed by atoms with E-state index in [1.165, 1.54) is 11.3 Å². The summed E-state index contributed by atoms with van der Waals surface area (Å²) in [6.07, 6.45) is 3.97. The molecule has 0 unspecified atom stereocenters. The highest BCUT2D eigenvalue weighted by Crippen LogP contribution is 2.28. The normalized spacial score (nSPS) is 18.5. The minimum absolute atomic E-state index is 0.0862. The number of benzene rings is 1. The van der Waals surface area contributed by atoms with Crippen LogP contribution in [0.3, 0.4) is 0 Å². The second-order valence-electron chi connectivity index (χ2n) is 6.33. The van der Waals surface area contributed by atoms with Crippen molar-refractivity contribution in [3.8, 4) is 0 Å². The molecule has 3 heterocycles. The SMILES string of the molecule is Cc1cn[nH]c1[C@@H]1CCCN(C(=O)c2cc3ccccc3[nH]2)C1. The summed E-state index contributed by atoms with van der Waals surface area (Å²) < 4.78 is 0. The van der Waals surface area contributed by atoms with E-state index in [2.05, 4.69) is 22.1 Å². The lowest BCUT2D eigenvalue weighted by Crippen LogP contribution is -2.39. The van der Waals surface area contributed by atoms with Crippen molar-refractivity contribution in [2.24, 2.45) is 0 Å². The van der Waals surface area contributed by atoms with E-state index in [1.807, 2.05) is 41.4 Å². The third-order valence-electron chi connectivity index (χ3n) is 4.75. The van der Waals surface area contributed by atoms with Crippen LogP contribution in [0.2, 0.25) is 0 Å². The summed E-state index contributed by atoms with van der Waals surface area (Å²) in [5.41, 5.74) is 4.02. The zero-order valence-electron chi connectivity index (χ0n) is 13.2. The molecular weight excluding hydrogens is 288 g/mol. The molecule has 23 heavy (non-hydrogen) atoms. The van der Waals surface area contributed by atoms with E-state index in [4.69, 9.17) is 0 Å². The topological polar surface area (TPSA) is 64.8 Å². The predicted molar refractivity (Wildman–Crippen MR) is 89.5 cm³/mol. The summed E-state index contributed by atoms with van der Waals surface area (Å²) in [6, 6.07) is 9.94. The number of aromatic amines is 2. The van der Waals surface area contributed by atoms with Crippen LogP contribution in [0.4, 0.5) is 0 Å². The summed E-state index contributed by atoms with van der Waals surface area (Å²) >= 11 is 0. The van der Waals surface area contributed by atoms with Gasteiger partial charge in [0.15, 0.2) is 0 Å². The van der Waals surface area contributed by atoms with Crippen molar-refractivity contribution in [3.63, 3.8) is 0 Å². The highest BCUT2D eigenvalue weighted by atomic mass is 16.2. The van der Waals surface area contributed by atoms with Crippen molar-refractivity contribution in [3.05, 3.63) is 53.5 Å². The number of carbonyl (C=O) groups excluding carboxylic acids is 1. The van der Waals surface area contributed by atoms with Crippen molar-refractivity contribution in [2.75, 3.05) is 13.1 Å². The van der Waals surface area contributed by atoms with Gasteiger partial charge in [0.2, 0.25) is 0 Å². The molecule has 0 aliphatic carbocycles. The van der Waals surface area contributed by atoms with Crippen LogP contribution in [0.25, 0.3) is 10.9 Å². The zero-order chi connectivity index (χ0) is 15.8. The summed E-state index contributed by atoms with van der Waals surface area (Å²) in [7, 11) is 0. The van der Waals surface area contributed by atoms with Crippen LogP contribution in [0.15, 0.2) is 36.5 Å². The lowest BCUT2D eigenvalue weighted by molar-refractivity contribution is 0.0700. The van der Waals surface area contributed by atoms with E-state index in [0.29, 0.717) is 11.6 Å². The molecule has 1 saturated heterocycles. The number of carbonyl (C=O) groups is 1. The minimum Gasteiger partial charge on any atom is -0.351 e. The van der Waals surface area contributed by atoms with Gasteiger partial charge in [-0.2, -0.15) is 5.10 Å². The molecular formula is C18H20N4O. The molecule has 0 radical (unpaired) electrons. The van der Waals surface area contributed by atoms with Crippen LogP contribution >= 0.6 is 0 Å². The first kappa shape index (κ1) is 14.1. The molecule has 1 aliphatic rings. The number of likely N-dealkylation sites (tertiary alicyclic amines) is 1. The summed E-state index contributed by atoms with van der Waals surface area (Å²) in [5.74, 6) is 0.433. The van der Waals surface area contributed by atoms with Crippen LogP contribution < -0.4 is 0 Å². The van der Waals surface area contributed by atoms with E-state index in [1.54, 1.807) is 0 Å². The minimum atomic E-state index is 0.0862. The number of hydrogen-bond donors (Lipinski definition) is 2. The Morgan fingerprint density at radius 3 is 3.00 bits per heavy atom. The van der Waals surface area contributed by atoms with Crippen LogP contribution in [0.1, 0.15) is 40.5 Å². The van der Waals surface area contributed by atoms with E-state index in [9.17, 15) is 4.79 Å². The van der Waals surface area contributed by atoms with Crippen molar-refractivity contribution in [2.45, 2.75) is 25.7 Å². The number of para-hydroxylation sites is 1. The molecule has 1 aliphatic heterocycles. The Morgan fingerprint density at radius 1 is 1.35 bits per heavy atom. The average molecular weight is 308 g/mol. The monoisotopic (exact) mass is 308 g/mol. The molecule has 0 bridgehead atoms. The first-order valence-electron chi connectivity index (χ1n) is 8.09. The number of nitrogens with one attached hydrogen (secondary N) is 2. The fourth-order valence-electron chi connectivity index (χ4n) is 3.53. The molecule has 0 saturated carbocycles. The molecule has 4 rings (SSSR count). The smallest absolute Gasteiger partial charge is 0.270 e. The molecule has 118 valence electrons. The number of fused-ring (bicyclic) bond motifs is 1. The molecule has 0 spiro atoms. The standard InChI is InChI=1S/C18H20N4O/c1-12-10-19-21-17(12)14-6-4-8-22(11-14)18(23)16-9-13-5-2-3-7-15(13)20-16/h2-3,5,7,9-10,14,20H,4,6,8,11H2,1H3,(H,19,21)/t14-/m1/s1. The molecule has 1 amide bonds. The Hall–Kier alpha value is -2.56. The second kappa shape index (κ2) is 5.57. The molecule has 3 aromatic rings. The lowest BCUT2D eigenvalue weighted by Gasteiger charge is -2.32. The van der Waals surface area contributed by atoms with Gasteiger partial charge in [-0.15, -0.1) is 0 Å². The third kappa shape index (κ3) is 2.52. The van der Waals surface area contributed by atoms with E-state index >= 15 is 0 Å². The number of aromatic nitrogens is 3. The quantitative estimate of drug-likeness (QED) is 0.763. The molecule has 1 aromatic carbocycles. The molecule has 5 nitrogen and oxygen atoms in total. The maximum absolute atomic E-state index is 12.8. The molecule has 1 fully saturated rings. The van der Waals surface area contributed by atoms with Gasteiger partial charge in [0.25, 0.3) is 5.91 Å². The first-order valence-corrected chi connectivity index (χ1v) is 8.09. The molecule has 1 atom stereocenters. The summed E-state index contributed by atoms with van der Waals surface area (Å²) in [6.45, 7) is 3.63. The number of hydrogen-bond acceptors (Lipinski definition) is 2.